The summed E-state index contributed by atoms with van der Waals surface area (Å²) in [4.78, 5) is 6.33. The first-order chi connectivity index (χ1) is 10.1. The standard InChI is InChI=1S/C17H22FN3/c1-3-21(12-15-8-4-5-10-20-15)17-14(11-13(2)19)7-6-9-16(17)18/h4-10,13H,3,11-12,19H2,1-2H3. The summed E-state index contributed by atoms with van der Waals surface area (Å²) in [6.45, 7) is 5.25. The van der Waals surface area contributed by atoms with Gasteiger partial charge in [-0.1, -0.05) is 18.2 Å². The minimum absolute atomic E-state index is 0.000827. The zero-order valence-corrected chi connectivity index (χ0v) is 12.6. The summed E-state index contributed by atoms with van der Waals surface area (Å²) in [5, 5.41) is 0. The molecule has 1 aromatic heterocycles. The summed E-state index contributed by atoms with van der Waals surface area (Å²) in [6, 6.07) is 11.0. The number of benzene rings is 1. The van der Waals surface area contributed by atoms with Crippen molar-refractivity contribution >= 4 is 5.69 Å². The van der Waals surface area contributed by atoms with Crippen molar-refractivity contribution in [1.29, 1.82) is 0 Å². The van der Waals surface area contributed by atoms with E-state index in [4.69, 9.17) is 5.73 Å². The van der Waals surface area contributed by atoms with E-state index in [-0.39, 0.29) is 11.9 Å². The molecular weight excluding hydrogens is 265 g/mol. The molecule has 3 nitrogen and oxygen atoms in total. The fourth-order valence-electron chi connectivity index (χ4n) is 2.46. The lowest BCUT2D eigenvalue weighted by atomic mass is 10.0. The minimum atomic E-state index is -0.203. The van der Waals surface area contributed by atoms with Crippen LogP contribution in [0.2, 0.25) is 0 Å². The number of para-hydroxylation sites is 1. The number of rotatable bonds is 6. The molecule has 21 heavy (non-hydrogen) atoms. The van der Waals surface area contributed by atoms with Crippen molar-refractivity contribution in [2.24, 2.45) is 5.73 Å². The molecule has 112 valence electrons. The second kappa shape index (κ2) is 7.18. The highest BCUT2D eigenvalue weighted by Crippen LogP contribution is 2.26. The minimum Gasteiger partial charge on any atom is -0.363 e. The van der Waals surface area contributed by atoms with Crippen molar-refractivity contribution in [2.45, 2.75) is 32.9 Å². The molecule has 2 aromatic rings. The Morgan fingerprint density at radius 1 is 1.24 bits per heavy atom. The Kier molecular flexibility index (Phi) is 5.28. The van der Waals surface area contributed by atoms with Crippen LogP contribution in [-0.4, -0.2) is 17.6 Å². The van der Waals surface area contributed by atoms with Crippen molar-refractivity contribution in [3.63, 3.8) is 0 Å². The summed E-state index contributed by atoms with van der Waals surface area (Å²) < 4.78 is 14.3. The lowest BCUT2D eigenvalue weighted by Gasteiger charge is -2.26. The molecule has 1 heterocycles. The Labute approximate surface area is 125 Å². The monoisotopic (exact) mass is 287 g/mol. The Hall–Kier alpha value is -1.94. The largest absolute Gasteiger partial charge is 0.363 e. The van der Waals surface area contributed by atoms with Gasteiger partial charge in [-0.25, -0.2) is 4.39 Å². The number of anilines is 1. The van der Waals surface area contributed by atoms with Crippen molar-refractivity contribution in [3.8, 4) is 0 Å². The van der Waals surface area contributed by atoms with Gasteiger partial charge in [-0.3, -0.25) is 4.98 Å². The number of nitrogens with zero attached hydrogens (tertiary/aromatic N) is 2. The number of aromatic nitrogens is 1. The van der Waals surface area contributed by atoms with Gasteiger partial charge in [-0.05, 0) is 44.0 Å². The van der Waals surface area contributed by atoms with Gasteiger partial charge in [0, 0.05) is 18.8 Å². The third kappa shape index (κ3) is 4.02. The lowest BCUT2D eigenvalue weighted by molar-refractivity contribution is 0.611. The fraction of sp³-hybridized carbons (Fsp3) is 0.353. The van der Waals surface area contributed by atoms with Crippen molar-refractivity contribution < 1.29 is 4.39 Å². The number of hydrogen-bond donors (Lipinski definition) is 1. The highest BCUT2D eigenvalue weighted by atomic mass is 19.1. The molecular formula is C17H22FN3. The topological polar surface area (TPSA) is 42.2 Å². The zero-order valence-electron chi connectivity index (χ0n) is 12.6. The molecule has 0 radical (unpaired) electrons. The van der Waals surface area contributed by atoms with Crippen LogP contribution in [0.5, 0.6) is 0 Å². The van der Waals surface area contributed by atoms with Crippen LogP contribution < -0.4 is 10.6 Å². The van der Waals surface area contributed by atoms with Gasteiger partial charge < -0.3 is 10.6 Å². The summed E-state index contributed by atoms with van der Waals surface area (Å²) in [7, 11) is 0. The Morgan fingerprint density at radius 2 is 2.05 bits per heavy atom. The van der Waals surface area contributed by atoms with Crippen LogP contribution in [0.15, 0.2) is 42.6 Å². The molecule has 0 saturated heterocycles. The quantitative estimate of drug-likeness (QED) is 0.887. The maximum absolute atomic E-state index is 14.3. The fourth-order valence-corrected chi connectivity index (χ4v) is 2.46. The van der Waals surface area contributed by atoms with E-state index in [2.05, 4.69) is 4.98 Å². The third-order valence-electron chi connectivity index (χ3n) is 3.39. The SMILES string of the molecule is CCN(Cc1ccccn1)c1c(F)cccc1CC(C)N. The van der Waals surface area contributed by atoms with Crippen LogP contribution in [0.1, 0.15) is 25.1 Å². The number of hydrogen-bond acceptors (Lipinski definition) is 3. The smallest absolute Gasteiger partial charge is 0.146 e. The molecule has 2 rings (SSSR count). The van der Waals surface area contributed by atoms with Gasteiger partial charge in [0.15, 0.2) is 0 Å². The van der Waals surface area contributed by atoms with Crippen LogP contribution >= 0.6 is 0 Å². The molecule has 0 aliphatic heterocycles. The van der Waals surface area contributed by atoms with Gasteiger partial charge in [-0.15, -0.1) is 0 Å². The van der Waals surface area contributed by atoms with Gasteiger partial charge in [0.2, 0.25) is 0 Å². The summed E-state index contributed by atoms with van der Waals surface area (Å²) in [5.41, 5.74) is 8.40. The predicted molar refractivity (Wildman–Crippen MR) is 84.7 cm³/mol. The summed E-state index contributed by atoms with van der Waals surface area (Å²) in [6.07, 6.45) is 2.42. The summed E-state index contributed by atoms with van der Waals surface area (Å²) >= 11 is 0. The van der Waals surface area contributed by atoms with Gasteiger partial charge in [0.05, 0.1) is 17.9 Å². The van der Waals surface area contributed by atoms with Crippen LogP contribution in [-0.2, 0) is 13.0 Å². The maximum atomic E-state index is 14.3. The van der Waals surface area contributed by atoms with E-state index < -0.39 is 0 Å². The molecule has 0 aliphatic rings. The van der Waals surface area contributed by atoms with E-state index in [0.29, 0.717) is 25.2 Å². The molecule has 0 saturated carbocycles. The average Bonchev–Trinajstić information content (AvgIpc) is 2.46. The molecule has 0 spiro atoms. The van der Waals surface area contributed by atoms with Crippen molar-refractivity contribution in [3.05, 3.63) is 59.7 Å². The maximum Gasteiger partial charge on any atom is 0.146 e. The first kappa shape index (κ1) is 15.4. The number of pyridine rings is 1. The third-order valence-corrected chi connectivity index (χ3v) is 3.39. The second-order valence-corrected chi connectivity index (χ2v) is 5.26. The Balaban J connectivity index is 2.32. The van der Waals surface area contributed by atoms with E-state index in [1.807, 2.05) is 43.0 Å². The van der Waals surface area contributed by atoms with E-state index in [9.17, 15) is 4.39 Å². The van der Waals surface area contributed by atoms with E-state index in [1.165, 1.54) is 6.07 Å². The number of halogens is 1. The average molecular weight is 287 g/mol. The van der Waals surface area contributed by atoms with Crippen LogP contribution in [0.3, 0.4) is 0 Å². The first-order valence-corrected chi connectivity index (χ1v) is 7.29. The normalized spacial score (nSPS) is 12.2. The van der Waals surface area contributed by atoms with Crippen molar-refractivity contribution in [1.82, 2.24) is 4.98 Å². The van der Waals surface area contributed by atoms with E-state index >= 15 is 0 Å². The summed E-state index contributed by atoms with van der Waals surface area (Å²) in [5.74, 6) is -0.203. The molecule has 1 unspecified atom stereocenters. The Morgan fingerprint density at radius 3 is 2.67 bits per heavy atom. The van der Waals surface area contributed by atoms with Gasteiger partial charge in [-0.2, -0.15) is 0 Å². The van der Waals surface area contributed by atoms with Crippen LogP contribution in [0.4, 0.5) is 10.1 Å². The number of nitrogens with two attached hydrogens (primary N) is 1. The zero-order chi connectivity index (χ0) is 15.2. The molecule has 1 aromatic carbocycles. The van der Waals surface area contributed by atoms with Gasteiger partial charge >= 0.3 is 0 Å². The van der Waals surface area contributed by atoms with Gasteiger partial charge in [0.25, 0.3) is 0 Å². The highest BCUT2D eigenvalue weighted by molar-refractivity contribution is 5.55. The predicted octanol–water partition coefficient (Wildman–Crippen LogP) is 3.14. The molecule has 0 fully saturated rings. The van der Waals surface area contributed by atoms with Crippen LogP contribution in [0.25, 0.3) is 0 Å². The van der Waals surface area contributed by atoms with E-state index in [1.54, 1.807) is 12.3 Å². The lowest BCUT2D eigenvalue weighted by Crippen LogP contribution is -2.27. The second-order valence-electron chi connectivity index (χ2n) is 5.26. The molecule has 0 amide bonds. The molecule has 0 aliphatic carbocycles. The van der Waals surface area contributed by atoms with Gasteiger partial charge in [0.1, 0.15) is 5.82 Å². The first-order valence-electron chi connectivity index (χ1n) is 7.29. The molecule has 4 heteroatoms. The van der Waals surface area contributed by atoms with Crippen LogP contribution in [0, 0.1) is 5.82 Å². The molecule has 2 N–H and O–H groups in total. The van der Waals surface area contributed by atoms with E-state index in [0.717, 1.165) is 11.3 Å². The van der Waals surface area contributed by atoms with Crippen molar-refractivity contribution in [2.75, 3.05) is 11.4 Å². The molecule has 0 bridgehead atoms. The molecule has 1 atom stereocenters. The Bertz CT molecular complexity index is 570. The highest BCUT2D eigenvalue weighted by Gasteiger charge is 2.16.